The Kier molecular flexibility index (Phi) is 1.49. The Morgan fingerprint density at radius 3 is 3.11 bits per heavy atom. The third-order valence-corrected chi connectivity index (χ3v) is 3.88. The topological polar surface area (TPSA) is 26.3 Å². The molecule has 0 bridgehead atoms. The van der Waals surface area contributed by atoms with E-state index in [2.05, 4.69) is 61.3 Å². The van der Waals surface area contributed by atoms with Gasteiger partial charge in [-0.25, -0.2) is 13.8 Å². The molecule has 3 aromatic heterocycles. The highest BCUT2D eigenvalue weighted by atomic mass is 15.2. The molecule has 1 aliphatic rings. The number of imidazole rings is 2. The largest absolute Gasteiger partial charge is 0.279 e. The van der Waals surface area contributed by atoms with Crippen molar-refractivity contribution in [1.29, 1.82) is 0 Å². The van der Waals surface area contributed by atoms with Crippen LogP contribution in [0.15, 0.2) is 55.2 Å². The quantitative estimate of drug-likeness (QED) is 0.384. The number of aromatic nitrogens is 4. The lowest BCUT2D eigenvalue weighted by Crippen LogP contribution is -2.15. The van der Waals surface area contributed by atoms with Gasteiger partial charge in [0.05, 0.1) is 12.7 Å². The Morgan fingerprint density at radius 1 is 1.16 bits per heavy atom. The molecule has 90 valence electrons. The molecule has 0 radical (unpaired) electrons. The molecule has 5 rings (SSSR count). The second-order valence-corrected chi connectivity index (χ2v) is 4.96. The van der Waals surface area contributed by atoms with Crippen LogP contribution in [-0.4, -0.2) is 14.0 Å². The van der Waals surface area contributed by atoms with Crippen molar-refractivity contribution in [3.63, 3.8) is 0 Å². The normalized spacial score (nSPS) is 13.1. The lowest BCUT2D eigenvalue weighted by molar-refractivity contribution is -0.510. The fraction of sp³-hybridized carbons (Fsp3) is 0.0667. The third kappa shape index (κ3) is 1.04. The van der Waals surface area contributed by atoms with Crippen LogP contribution in [0.25, 0.3) is 22.6 Å². The fourth-order valence-corrected chi connectivity index (χ4v) is 3.10. The molecule has 0 atom stereocenters. The molecular formula is C15H11N4+. The van der Waals surface area contributed by atoms with Crippen LogP contribution in [0.5, 0.6) is 0 Å². The van der Waals surface area contributed by atoms with Crippen molar-refractivity contribution in [2.45, 2.75) is 6.54 Å². The first-order valence-electron chi connectivity index (χ1n) is 6.36. The molecule has 4 nitrogen and oxygen atoms in total. The molecule has 0 unspecified atom stereocenters. The number of nitrogens with zero attached hydrogens (tertiary/aromatic N) is 4. The lowest BCUT2D eigenvalue weighted by Gasteiger charge is -1.94. The minimum atomic E-state index is 0.954. The average molecular weight is 247 g/mol. The van der Waals surface area contributed by atoms with E-state index < -0.39 is 0 Å². The van der Waals surface area contributed by atoms with Crippen LogP contribution < -0.4 is 4.40 Å². The molecule has 1 aliphatic heterocycles. The minimum Gasteiger partial charge on any atom is -0.255 e. The molecule has 0 spiro atoms. The first kappa shape index (κ1) is 9.33. The van der Waals surface area contributed by atoms with Crippen molar-refractivity contribution in [2.24, 2.45) is 0 Å². The van der Waals surface area contributed by atoms with E-state index in [9.17, 15) is 0 Å². The van der Waals surface area contributed by atoms with Gasteiger partial charge in [-0.2, -0.15) is 0 Å². The molecular weight excluding hydrogens is 236 g/mol. The van der Waals surface area contributed by atoms with Crippen molar-refractivity contribution in [1.82, 2.24) is 14.0 Å². The first-order valence-corrected chi connectivity index (χ1v) is 6.36. The Morgan fingerprint density at radius 2 is 2.11 bits per heavy atom. The zero-order valence-electron chi connectivity index (χ0n) is 10.2. The van der Waals surface area contributed by atoms with E-state index in [4.69, 9.17) is 0 Å². The Balaban J connectivity index is 2.00. The van der Waals surface area contributed by atoms with Crippen molar-refractivity contribution in [3.05, 3.63) is 60.8 Å². The summed E-state index contributed by atoms with van der Waals surface area (Å²) < 4.78 is 6.61. The summed E-state index contributed by atoms with van der Waals surface area (Å²) in [6.45, 7) is 0.954. The smallest absolute Gasteiger partial charge is 0.255 e. The van der Waals surface area contributed by atoms with E-state index in [1.54, 1.807) is 0 Å². The molecule has 4 aromatic rings. The summed E-state index contributed by atoms with van der Waals surface area (Å²) in [5, 5.41) is 0. The van der Waals surface area contributed by atoms with Gasteiger partial charge in [-0.3, -0.25) is 4.57 Å². The monoisotopic (exact) mass is 247 g/mol. The summed E-state index contributed by atoms with van der Waals surface area (Å²) >= 11 is 0. The molecule has 0 saturated carbocycles. The minimum absolute atomic E-state index is 0.954. The fourth-order valence-electron chi connectivity index (χ4n) is 3.10. The summed E-state index contributed by atoms with van der Waals surface area (Å²) in [6.07, 6.45) is 8.12. The molecule has 0 saturated heterocycles. The summed E-state index contributed by atoms with van der Waals surface area (Å²) in [6, 6.07) is 10.6. The van der Waals surface area contributed by atoms with Gasteiger partial charge in [-0.1, -0.05) is 24.3 Å². The van der Waals surface area contributed by atoms with E-state index in [0.717, 1.165) is 12.2 Å². The van der Waals surface area contributed by atoms with Crippen molar-refractivity contribution >= 4 is 11.3 Å². The molecule has 0 fully saturated rings. The maximum Gasteiger partial charge on any atom is 0.279 e. The summed E-state index contributed by atoms with van der Waals surface area (Å²) in [4.78, 5) is 4.40. The van der Waals surface area contributed by atoms with Crippen molar-refractivity contribution < 1.29 is 4.40 Å². The molecule has 0 aliphatic carbocycles. The number of hydrogen-bond donors (Lipinski definition) is 0. The maximum absolute atomic E-state index is 4.40. The van der Waals surface area contributed by atoms with Crippen molar-refractivity contribution in [2.75, 3.05) is 0 Å². The van der Waals surface area contributed by atoms with Gasteiger partial charge in [0.1, 0.15) is 6.20 Å². The average Bonchev–Trinajstić information content (AvgIpc) is 3.04. The van der Waals surface area contributed by atoms with E-state index in [1.165, 1.54) is 22.5 Å². The molecule has 0 amide bonds. The number of hydrogen-bond acceptors (Lipinski definition) is 1. The van der Waals surface area contributed by atoms with E-state index in [0.29, 0.717) is 0 Å². The van der Waals surface area contributed by atoms with Gasteiger partial charge >= 0.3 is 0 Å². The maximum atomic E-state index is 4.40. The second kappa shape index (κ2) is 3.03. The highest BCUT2D eigenvalue weighted by Crippen LogP contribution is 2.33. The van der Waals surface area contributed by atoms with E-state index >= 15 is 0 Å². The standard InChI is InChI=1S/C15H11N4/c1-2-5-12-11(4-1)8-17-10-18-9-13-16-6-3-7-19(13)15(18)14(12)17/h1-7,9-10H,8H2/q+1. The summed E-state index contributed by atoms with van der Waals surface area (Å²) in [7, 11) is 0. The molecule has 1 aromatic carbocycles. The van der Waals surface area contributed by atoms with Crippen LogP contribution >= 0.6 is 0 Å². The summed E-state index contributed by atoms with van der Waals surface area (Å²) in [5.74, 6) is 0. The lowest BCUT2D eigenvalue weighted by atomic mass is 10.1. The highest BCUT2D eigenvalue weighted by molar-refractivity contribution is 5.78. The van der Waals surface area contributed by atoms with Crippen LogP contribution in [-0.2, 0) is 6.54 Å². The van der Waals surface area contributed by atoms with Gasteiger partial charge in [0, 0.05) is 11.8 Å². The van der Waals surface area contributed by atoms with Gasteiger partial charge in [-0.05, 0) is 11.6 Å². The zero-order chi connectivity index (χ0) is 12.4. The van der Waals surface area contributed by atoms with Gasteiger partial charge in [-0.15, -0.1) is 0 Å². The van der Waals surface area contributed by atoms with Crippen LogP contribution in [0.3, 0.4) is 0 Å². The van der Waals surface area contributed by atoms with Gasteiger partial charge in [0.25, 0.3) is 5.65 Å². The van der Waals surface area contributed by atoms with Crippen molar-refractivity contribution in [3.8, 4) is 11.3 Å². The highest BCUT2D eigenvalue weighted by Gasteiger charge is 2.29. The molecule has 4 heterocycles. The van der Waals surface area contributed by atoms with Crippen LogP contribution in [0.1, 0.15) is 5.56 Å². The summed E-state index contributed by atoms with van der Waals surface area (Å²) in [5.41, 5.74) is 6.16. The Labute approximate surface area is 109 Å². The molecule has 4 heteroatoms. The second-order valence-electron chi connectivity index (χ2n) is 4.96. The van der Waals surface area contributed by atoms with Gasteiger partial charge < -0.3 is 0 Å². The Hall–Kier alpha value is -2.62. The van der Waals surface area contributed by atoms with E-state index in [-0.39, 0.29) is 0 Å². The van der Waals surface area contributed by atoms with E-state index in [1.807, 2.05) is 12.3 Å². The number of rotatable bonds is 0. The number of fused-ring (bicyclic) bond motifs is 7. The predicted molar refractivity (Wildman–Crippen MR) is 70.9 cm³/mol. The molecule has 0 N–H and O–H groups in total. The SMILES string of the molecule is c1ccc2c(c1)Cn1c[n+]3cc4ncccn4c3c1-2. The van der Waals surface area contributed by atoms with Crippen LogP contribution in [0.4, 0.5) is 0 Å². The first-order chi connectivity index (χ1) is 9.42. The van der Waals surface area contributed by atoms with Crippen LogP contribution in [0, 0.1) is 0 Å². The van der Waals surface area contributed by atoms with Gasteiger partial charge in [0.2, 0.25) is 5.65 Å². The van der Waals surface area contributed by atoms with Gasteiger partial charge in [0.15, 0.2) is 12.0 Å². The third-order valence-electron chi connectivity index (χ3n) is 3.88. The zero-order valence-corrected chi connectivity index (χ0v) is 10.2. The molecule has 19 heavy (non-hydrogen) atoms. The predicted octanol–water partition coefficient (Wildman–Crippen LogP) is 1.90. The Bertz CT molecular complexity index is 945. The van der Waals surface area contributed by atoms with Crippen LogP contribution in [0.2, 0.25) is 0 Å². The number of benzene rings is 1.